The number of hydrogen-bond donors (Lipinski definition) is 0. The fourth-order valence-corrected chi connectivity index (χ4v) is 8.03. The van der Waals surface area contributed by atoms with Crippen LogP contribution in [0.4, 0.5) is 0 Å². The zero-order valence-corrected chi connectivity index (χ0v) is 45.3. The Morgan fingerprint density at radius 3 is 0.899 bits per heavy atom. The Morgan fingerprint density at radius 1 is 0.304 bits per heavy atom. The average molecular weight is 962 g/mol. The molecule has 1 atom stereocenters. The SMILES string of the molecule is CC/C=C\C/C=C\C/C=C\C/C=C\C/C=C\CCCCCC(=O)OC(COC(=O)CCCCCCC)COC(=O)CCCCCCCCCCCCCCCCC/C=C\C/C=C\CCCCCCC. The van der Waals surface area contributed by atoms with E-state index in [1.54, 1.807) is 0 Å². The Bertz CT molecular complexity index is 1330. The largest absolute Gasteiger partial charge is 0.462 e. The van der Waals surface area contributed by atoms with Crippen molar-refractivity contribution in [1.82, 2.24) is 0 Å². The highest BCUT2D eigenvalue weighted by Crippen LogP contribution is 2.16. The summed E-state index contributed by atoms with van der Waals surface area (Å²) in [5, 5.41) is 0. The van der Waals surface area contributed by atoms with Gasteiger partial charge >= 0.3 is 17.9 Å². The van der Waals surface area contributed by atoms with Crippen molar-refractivity contribution >= 4 is 17.9 Å². The number of unbranched alkanes of at least 4 members (excludes halogenated alkanes) is 27. The van der Waals surface area contributed by atoms with Gasteiger partial charge in [-0.1, -0.05) is 247 Å². The smallest absolute Gasteiger partial charge is 0.306 e. The van der Waals surface area contributed by atoms with Gasteiger partial charge in [0, 0.05) is 19.3 Å². The van der Waals surface area contributed by atoms with Crippen LogP contribution in [0.25, 0.3) is 0 Å². The van der Waals surface area contributed by atoms with Gasteiger partial charge in [-0.25, -0.2) is 0 Å². The molecule has 0 aromatic carbocycles. The van der Waals surface area contributed by atoms with Gasteiger partial charge in [0.05, 0.1) is 0 Å². The first-order valence-corrected chi connectivity index (χ1v) is 29.1. The Morgan fingerprint density at radius 2 is 0.565 bits per heavy atom. The number of carbonyl (C=O) groups is 3. The summed E-state index contributed by atoms with van der Waals surface area (Å²) in [4.78, 5) is 37.8. The first-order chi connectivity index (χ1) is 34.0. The molecule has 69 heavy (non-hydrogen) atoms. The van der Waals surface area contributed by atoms with Crippen molar-refractivity contribution in [2.45, 2.75) is 284 Å². The predicted octanol–water partition coefficient (Wildman–Crippen LogP) is 19.5. The third kappa shape index (κ3) is 55.4. The van der Waals surface area contributed by atoms with Crippen LogP contribution in [0.2, 0.25) is 0 Å². The molecule has 0 aromatic heterocycles. The number of allylic oxidation sites excluding steroid dienone is 14. The van der Waals surface area contributed by atoms with Gasteiger partial charge in [-0.2, -0.15) is 0 Å². The van der Waals surface area contributed by atoms with E-state index >= 15 is 0 Å². The molecule has 0 aliphatic heterocycles. The zero-order valence-electron chi connectivity index (χ0n) is 45.3. The summed E-state index contributed by atoms with van der Waals surface area (Å²) >= 11 is 0. The topological polar surface area (TPSA) is 78.9 Å². The lowest BCUT2D eigenvalue weighted by Gasteiger charge is -2.18. The number of hydrogen-bond acceptors (Lipinski definition) is 6. The van der Waals surface area contributed by atoms with Gasteiger partial charge in [0.25, 0.3) is 0 Å². The highest BCUT2D eigenvalue weighted by Gasteiger charge is 2.19. The lowest BCUT2D eigenvalue weighted by atomic mass is 10.0. The quantitative estimate of drug-likeness (QED) is 0.0262. The second-order valence-electron chi connectivity index (χ2n) is 19.2. The molecule has 1 unspecified atom stereocenters. The first kappa shape index (κ1) is 65.6. The minimum atomic E-state index is -0.790. The summed E-state index contributed by atoms with van der Waals surface area (Å²) in [7, 11) is 0. The molecule has 0 bridgehead atoms. The summed E-state index contributed by atoms with van der Waals surface area (Å²) in [6.45, 7) is 6.41. The minimum absolute atomic E-state index is 0.0892. The third-order valence-electron chi connectivity index (χ3n) is 12.4. The van der Waals surface area contributed by atoms with Gasteiger partial charge in [0.15, 0.2) is 6.10 Å². The highest BCUT2D eigenvalue weighted by atomic mass is 16.6. The van der Waals surface area contributed by atoms with Crippen LogP contribution < -0.4 is 0 Å². The summed E-state index contributed by atoms with van der Waals surface area (Å²) in [5.74, 6) is -0.932. The zero-order chi connectivity index (χ0) is 50.0. The fraction of sp³-hybridized carbons (Fsp3) is 0.730. The predicted molar refractivity (Wildman–Crippen MR) is 297 cm³/mol. The summed E-state index contributed by atoms with van der Waals surface area (Å²) < 4.78 is 16.7. The van der Waals surface area contributed by atoms with E-state index in [1.165, 1.54) is 128 Å². The Balaban J connectivity index is 4.09. The normalized spacial score (nSPS) is 12.7. The van der Waals surface area contributed by atoms with Crippen molar-refractivity contribution in [3.05, 3.63) is 85.1 Å². The lowest BCUT2D eigenvalue weighted by molar-refractivity contribution is -0.167. The van der Waals surface area contributed by atoms with Gasteiger partial charge in [-0.3, -0.25) is 14.4 Å². The molecule has 0 fully saturated rings. The minimum Gasteiger partial charge on any atom is -0.462 e. The van der Waals surface area contributed by atoms with Crippen LogP contribution in [0.15, 0.2) is 85.1 Å². The monoisotopic (exact) mass is 961 g/mol. The number of ether oxygens (including phenoxy) is 3. The van der Waals surface area contributed by atoms with E-state index < -0.39 is 6.10 Å². The van der Waals surface area contributed by atoms with Gasteiger partial charge in [0.1, 0.15) is 13.2 Å². The molecule has 396 valence electrons. The van der Waals surface area contributed by atoms with Crippen LogP contribution in [-0.2, 0) is 28.6 Å². The van der Waals surface area contributed by atoms with Crippen molar-refractivity contribution in [1.29, 1.82) is 0 Å². The molecule has 0 rings (SSSR count). The van der Waals surface area contributed by atoms with Crippen LogP contribution in [-0.4, -0.2) is 37.2 Å². The van der Waals surface area contributed by atoms with Gasteiger partial charge in [-0.15, -0.1) is 0 Å². The van der Waals surface area contributed by atoms with E-state index in [4.69, 9.17) is 14.2 Å². The van der Waals surface area contributed by atoms with E-state index in [2.05, 4.69) is 106 Å². The van der Waals surface area contributed by atoms with Gasteiger partial charge in [0.2, 0.25) is 0 Å². The van der Waals surface area contributed by atoms with E-state index in [0.29, 0.717) is 12.8 Å². The van der Waals surface area contributed by atoms with E-state index in [0.717, 1.165) is 109 Å². The summed E-state index contributed by atoms with van der Waals surface area (Å²) in [6.07, 6.45) is 74.9. The maximum Gasteiger partial charge on any atom is 0.306 e. The Kier molecular flexibility index (Phi) is 54.3. The molecular formula is C63H108O6. The number of rotatable bonds is 52. The van der Waals surface area contributed by atoms with Crippen molar-refractivity contribution in [2.24, 2.45) is 0 Å². The van der Waals surface area contributed by atoms with Gasteiger partial charge in [-0.05, 0) is 96.3 Å². The molecule has 0 saturated carbocycles. The molecule has 0 N–H and O–H groups in total. The van der Waals surface area contributed by atoms with Crippen molar-refractivity contribution in [3.63, 3.8) is 0 Å². The lowest BCUT2D eigenvalue weighted by Crippen LogP contribution is -2.30. The van der Waals surface area contributed by atoms with Crippen LogP contribution >= 0.6 is 0 Å². The molecule has 0 radical (unpaired) electrons. The van der Waals surface area contributed by atoms with Crippen LogP contribution in [0.3, 0.4) is 0 Å². The standard InChI is InChI=1S/C63H108O6/c1-4-7-10-13-15-17-19-21-23-25-27-28-29-30-31-32-33-34-36-37-39-41-43-45-47-50-53-56-62(65)68-59-60(58-67-61(64)55-52-49-12-9-6-3)69-63(66)57-54-51-48-46-44-42-40-38-35-26-24-22-20-18-16-14-11-8-5-2/h8,11,16,18-19,21-22,24-25,27,35,38,42,44,60H,4-7,9-10,12-15,17,20,23,26,28-34,36-37,39-41,43,45-59H2,1-3H3/b11-8-,18-16-,21-19-,24-22-,27-25-,38-35-,44-42-. The molecule has 0 saturated heterocycles. The molecule has 0 spiro atoms. The van der Waals surface area contributed by atoms with E-state index in [1.807, 2.05) is 0 Å². The third-order valence-corrected chi connectivity index (χ3v) is 12.4. The second-order valence-corrected chi connectivity index (χ2v) is 19.2. The number of esters is 3. The first-order valence-electron chi connectivity index (χ1n) is 29.1. The Labute approximate surface area is 426 Å². The molecule has 0 aliphatic carbocycles. The van der Waals surface area contributed by atoms with E-state index in [9.17, 15) is 14.4 Å². The highest BCUT2D eigenvalue weighted by molar-refractivity contribution is 5.71. The molecule has 0 amide bonds. The average Bonchev–Trinajstić information content (AvgIpc) is 3.35. The summed E-state index contributed by atoms with van der Waals surface area (Å²) in [5.41, 5.74) is 0. The fourth-order valence-electron chi connectivity index (χ4n) is 8.03. The van der Waals surface area contributed by atoms with Crippen molar-refractivity contribution in [3.8, 4) is 0 Å². The molecule has 0 aliphatic rings. The molecule has 0 heterocycles. The maximum atomic E-state index is 12.8. The molecular weight excluding hydrogens is 853 g/mol. The van der Waals surface area contributed by atoms with E-state index in [-0.39, 0.29) is 37.5 Å². The van der Waals surface area contributed by atoms with Crippen molar-refractivity contribution in [2.75, 3.05) is 13.2 Å². The maximum absolute atomic E-state index is 12.8. The molecule has 0 aromatic rings. The second kappa shape index (κ2) is 57.2. The van der Waals surface area contributed by atoms with Crippen LogP contribution in [0.5, 0.6) is 0 Å². The Hall–Kier alpha value is -3.41. The number of carbonyl (C=O) groups excluding carboxylic acids is 3. The van der Waals surface area contributed by atoms with Crippen LogP contribution in [0, 0.1) is 0 Å². The summed E-state index contributed by atoms with van der Waals surface area (Å²) in [6, 6.07) is 0. The van der Waals surface area contributed by atoms with Crippen LogP contribution in [0.1, 0.15) is 278 Å². The molecule has 6 heteroatoms. The van der Waals surface area contributed by atoms with Gasteiger partial charge < -0.3 is 14.2 Å². The van der Waals surface area contributed by atoms with Crippen molar-refractivity contribution < 1.29 is 28.6 Å². The molecule has 6 nitrogen and oxygen atoms in total.